The number of aliphatic hydroxyl groups excluding tert-OH is 1. The zero-order valence-corrected chi connectivity index (χ0v) is 23.6. The Morgan fingerprint density at radius 2 is 2.08 bits per heavy atom. The van der Waals surface area contributed by atoms with Crippen LogP contribution in [0.25, 0.3) is 11.3 Å². The van der Waals surface area contributed by atoms with Crippen LogP contribution >= 0.6 is 12.2 Å². The van der Waals surface area contributed by atoms with Gasteiger partial charge in [-0.3, -0.25) is 9.69 Å². The Morgan fingerprint density at radius 1 is 1.23 bits per heavy atom. The summed E-state index contributed by atoms with van der Waals surface area (Å²) in [6, 6.07) is 15.2. The van der Waals surface area contributed by atoms with E-state index in [2.05, 4.69) is 21.5 Å². The van der Waals surface area contributed by atoms with E-state index in [1.54, 1.807) is 7.11 Å². The van der Waals surface area contributed by atoms with E-state index in [9.17, 15) is 9.90 Å². The molecule has 1 aromatic heterocycles. The molecule has 0 spiro atoms. The fraction of sp³-hybridized carbons (Fsp3) is 0.333. The van der Waals surface area contributed by atoms with Crippen LogP contribution in [0.5, 0.6) is 11.5 Å². The fourth-order valence-corrected chi connectivity index (χ4v) is 5.52. The molecular weight excluding hydrogens is 528 g/mol. The van der Waals surface area contributed by atoms with Gasteiger partial charge in [-0.05, 0) is 62.0 Å². The molecule has 0 saturated heterocycles. The van der Waals surface area contributed by atoms with Crippen molar-refractivity contribution in [1.29, 1.82) is 0 Å². The average Bonchev–Trinajstić information content (AvgIpc) is 3.56. The van der Waals surface area contributed by atoms with Crippen molar-refractivity contribution >= 4 is 18.1 Å². The van der Waals surface area contributed by atoms with Gasteiger partial charge in [0.2, 0.25) is 6.79 Å². The normalized spacial score (nSPS) is 15.6. The van der Waals surface area contributed by atoms with E-state index in [4.69, 9.17) is 18.6 Å². The van der Waals surface area contributed by atoms with Crippen molar-refractivity contribution in [3.63, 3.8) is 0 Å². The van der Waals surface area contributed by atoms with Crippen molar-refractivity contribution in [3.05, 3.63) is 76.5 Å². The molecular formula is C30H32N4O5S. The van der Waals surface area contributed by atoms with Crippen LogP contribution in [0.3, 0.4) is 0 Å². The van der Waals surface area contributed by atoms with Crippen LogP contribution in [0, 0.1) is 11.8 Å². The Labute approximate surface area is 238 Å². The SMILES string of the molecule is COSN1Cc2cc(C(=O)NCc3ccc4c(c3)OCO4)nc(-c3cccc(C#CCN(C)C)c3)c2C1CCO. The molecule has 0 saturated carbocycles. The monoisotopic (exact) mass is 560 g/mol. The van der Waals surface area contributed by atoms with E-state index < -0.39 is 0 Å². The van der Waals surface area contributed by atoms with Gasteiger partial charge in [0.1, 0.15) is 5.69 Å². The first-order valence-electron chi connectivity index (χ1n) is 13.0. The van der Waals surface area contributed by atoms with Crippen LogP contribution < -0.4 is 14.8 Å². The Morgan fingerprint density at radius 3 is 2.88 bits per heavy atom. The van der Waals surface area contributed by atoms with Crippen LogP contribution in [-0.2, 0) is 17.3 Å². The van der Waals surface area contributed by atoms with Gasteiger partial charge >= 0.3 is 0 Å². The van der Waals surface area contributed by atoms with Gasteiger partial charge < -0.3 is 24.1 Å². The Balaban J connectivity index is 1.48. The van der Waals surface area contributed by atoms with Crippen LogP contribution in [-0.4, -0.2) is 66.4 Å². The summed E-state index contributed by atoms with van der Waals surface area (Å²) in [6.45, 7) is 1.74. The number of rotatable bonds is 9. The van der Waals surface area contributed by atoms with Crippen molar-refractivity contribution in [3.8, 4) is 34.6 Å². The minimum absolute atomic E-state index is 0.0120. The quantitative estimate of drug-likeness (QED) is 0.230. The molecule has 0 bridgehead atoms. The summed E-state index contributed by atoms with van der Waals surface area (Å²) in [5.41, 5.74) is 5.63. The first-order valence-corrected chi connectivity index (χ1v) is 13.7. The van der Waals surface area contributed by atoms with Gasteiger partial charge in [0.25, 0.3) is 5.91 Å². The molecule has 0 aliphatic carbocycles. The molecule has 10 heteroatoms. The number of hydrogen-bond donors (Lipinski definition) is 2. The number of aliphatic hydroxyl groups is 1. The molecule has 2 aliphatic rings. The predicted molar refractivity (Wildman–Crippen MR) is 153 cm³/mol. The summed E-state index contributed by atoms with van der Waals surface area (Å²) >= 11 is 1.24. The number of ether oxygens (including phenoxy) is 2. The number of nitrogens with one attached hydrogen (secondary N) is 1. The zero-order valence-electron chi connectivity index (χ0n) is 22.8. The van der Waals surface area contributed by atoms with Crippen molar-refractivity contribution in [2.75, 3.05) is 41.1 Å². The average molecular weight is 561 g/mol. The summed E-state index contributed by atoms with van der Waals surface area (Å²) in [6.07, 6.45) is 0.510. The first-order chi connectivity index (χ1) is 19.5. The highest BCUT2D eigenvalue weighted by molar-refractivity contribution is 7.92. The number of aromatic nitrogens is 1. The van der Waals surface area contributed by atoms with Crippen molar-refractivity contribution < 1.29 is 23.6 Å². The summed E-state index contributed by atoms with van der Waals surface area (Å²) < 4.78 is 18.3. The van der Waals surface area contributed by atoms with Gasteiger partial charge in [0.15, 0.2) is 11.5 Å². The Kier molecular flexibility index (Phi) is 8.89. The fourth-order valence-electron chi connectivity index (χ4n) is 4.82. The Bertz CT molecular complexity index is 1450. The molecule has 2 aliphatic heterocycles. The third-order valence-corrected chi connectivity index (χ3v) is 7.33. The lowest BCUT2D eigenvalue weighted by atomic mass is 9.95. The van der Waals surface area contributed by atoms with E-state index in [-0.39, 0.29) is 25.3 Å². The minimum atomic E-state index is -0.278. The second kappa shape index (κ2) is 12.7. The highest BCUT2D eigenvalue weighted by Crippen LogP contribution is 2.45. The van der Waals surface area contributed by atoms with Gasteiger partial charge in [-0.15, -0.1) is 0 Å². The first kappa shape index (κ1) is 28.0. The summed E-state index contributed by atoms with van der Waals surface area (Å²) in [4.78, 5) is 20.3. The number of carbonyl (C=O) groups is 1. The number of hydrogen-bond acceptors (Lipinski definition) is 9. The summed E-state index contributed by atoms with van der Waals surface area (Å²) in [7, 11) is 5.58. The largest absolute Gasteiger partial charge is 0.454 e. The molecule has 5 rings (SSSR count). The van der Waals surface area contributed by atoms with Gasteiger partial charge in [0, 0.05) is 36.4 Å². The van der Waals surface area contributed by atoms with Gasteiger partial charge in [-0.25, -0.2) is 9.29 Å². The molecule has 3 aromatic rings. The highest BCUT2D eigenvalue weighted by atomic mass is 32.2. The second-order valence-corrected chi connectivity index (χ2v) is 10.7. The number of amides is 1. The maximum absolute atomic E-state index is 13.4. The molecule has 3 heterocycles. The maximum atomic E-state index is 13.4. The van der Waals surface area contributed by atoms with Crippen LogP contribution in [0.15, 0.2) is 48.5 Å². The van der Waals surface area contributed by atoms with E-state index in [0.29, 0.717) is 48.9 Å². The topological polar surface area (TPSA) is 96.4 Å². The molecule has 0 fully saturated rings. The maximum Gasteiger partial charge on any atom is 0.270 e. The van der Waals surface area contributed by atoms with Crippen LogP contribution in [0.1, 0.15) is 45.2 Å². The standard InChI is InChI=1S/C30H32N4O5S/c1-33(2)12-5-7-20-6-4-8-22(14-20)29-28-23(18-34(40-37-3)25(28)11-13-35)16-24(32-29)30(36)31-17-21-9-10-26-27(15-21)39-19-38-26/h4,6,8-10,14-16,25,35H,11-13,17-19H2,1-3H3,(H,31,36). The lowest BCUT2D eigenvalue weighted by Crippen LogP contribution is -2.24. The predicted octanol–water partition coefficient (Wildman–Crippen LogP) is 3.77. The number of benzene rings is 2. The minimum Gasteiger partial charge on any atom is -0.454 e. The lowest BCUT2D eigenvalue weighted by molar-refractivity contribution is 0.0946. The van der Waals surface area contributed by atoms with Crippen molar-refractivity contribution in [1.82, 2.24) is 19.5 Å². The van der Waals surface area contributed by atoms with E-state index >= 15 is 0 Å². The molecule has 1 atom stereocenters. The molecule has 2 N–H and O–H groups in total. The smallest absolute Gasteiger partial charge is 0.270 e. The molecule has 0 radical (unpaired) electrons. The number of pyridine rings is 1. The van der Waals surface area contributed by atoms with E-state index in [1.807, 2.05) is 67.5 Å². The van der Waals surface area contributed by atoms with Crippen molar-refractivity contribution in [2.45, 2.75) is 25.6 Å². The zero-order chi connectivity index (χ0) is 28.1. The second-order valence-electron chi connectivity index (χ2n) is 9.76. The number of fused-ring (bicyclic) bond motifs is 2. The molecule has 9 nitrogen and oxygen atoms in total. The highest BCUT2D eigenvalue weighted by Gasteiger charge is 2.35. The Hall–Kier alpha value is -3.59. The molecule has 2 aromatic carbocycles. The molecule has 208 valence electrons. The third-order valence-electron chi connectivity index (χ3n) is 6.61. The van der Waals surface area contributed by atoms with Crippen LogP contribution in [0.4, 0.5) is 0 Å². The summed E-state index contributed by atoms with van der Waals surface area (Å²) in [5, 5.41) is 12.9. The van der Waals surface area contributed by atoms with Gasteiger partial charge in [-0.1, -0.05) is 30.0 Å². The third kappa shape index (κ3) is 6.25. The number of carbonyl (C=O) groups excluding carboxylic acids is 1. The van der Waals surface area contributed by atoms with Gasteiger partial charge in [0.05, 0.1) is 37.6 Å². The molecule has 40 heavy (non-hydrogen) atoms. The lowest BCUT2D eigenvalue weighted by Gasteiger charge is -2.22. The molecule has 1 amide bonds. The van der Waals surface area contributed by atoms with E-state index in [0.717, 1.165) is 27.8 Å². The van der Waals surface area contributed by atoms with Gasteiger partial charge in [-0.2, -0.15) is 0 Å². The summed E-state index contributed by atoms with van der Waals surface area (Å²) in [5.74, 6) is 7.49. The number of nitrogens with zero attached hydrogens (tertiary/aromatic N) is 3. The van der Waals surface area contributed by atoms with Crippen LogP contribution in [0.2, 0.25) is 0 Å². The van der Waals surface area contributed by atoms with E-state index in [1.165, 1.54) is 12.2 Å². The van der Waals surface area contributed by atoms with Crippen molar-refractivity contribution in [2.24, 2.45) is 0 Å². The molecule has 1 unspecified atom stereocenters.